The van der Waals surface area contributed by atoms with Gasteiger partial charge in [-0.1, -0.05) is 42.5 Å². The van der Waals surface area contributed by atoms with Crippen molar-refractivity contribution in [2.75, 3.05) is 37.7 Å². The molecule has 268 valence electrons. The zero-order chi connectivity index (χ0) is 35.8. The molecule has 7 rings (SSSR count). The van der Waals surface area contributed by atoms with Gasteiger partial charge in [-0.3, -0.25) is 19.4 Å². The number of hydrogen-bond acceptors (Lipinski definition) is 6. The van der Waals surface area contributed by atoms with Crippen LogP contribution >= 0.6 is 12.4 Å². The number of carbonyl (C=O) groups is 2. The molecule has 11 heteroatoms. The molecule has 3 aromatic carbocycles. The van der Waals surface area contributed by atoms with E-state index < -0.39 is 0 Å². The third kappa shape index (κ3) is 6.71. The molecule has 2 aromatic heterocycles. The van der Waals surface area contributed by atoms with Gasteiger partial charge in [0.05, 0.1) is 24.5 Å². The number of fused-ring (bicyclic) bond motifs is 1. The summed E-state index contributed by atoms with van der Waals surface area (Å²) in [5.41, 5.74) is 7.99. The number of rotatable bonds is 7. The van der Waals surface area contributed by atoms with Crippen LogP contribution in [0.5, 0.6) is 5.75 Å². The average Bonchev–Trinajstić information content (AvgIpc) is 3.61. The van der Waals surface area contributed by atoms with Gasteiger partial charge in [0.1, 0.15) is 17.5 Å². The number of anilines is 2. The highest BCUT2D eigenvalue weighted by molar-refractivity contribution is 6.13. The molecule has 10 nitrogen and oxygen atoms in total. The molecular formula is C41H43ClN6O4. The van der Waals surface area contributed by atoms with Gasteiger partial charge >= 0.3 is 0 Å². The molecule has 1 atom stereocenters. The molecule has 4 heterocycles. The van der Waals surface area contributed by atoms with Crippen molar-refractivity contribution in [1.29, 1.82) is 5.26 Å². The van der Waals surface area contributed by atoms with Crippen LogP contribution in [0.2, 0.25) is 0 Å². The number of hydrogen-bond donors (Lipinski definition) is 1. The Kier molecular flexibility index (Phi) is 10.6. The summed E-state index contributed by atoms with van der Waals surface area (Å²) in [4.78, 5) is 35.4. The highest BCUT2D eigenvalue weighted by Gasteiger charge is 2.34. The van der Waals surface area contributed by atoms with Crippen LogP contribution in [0.3, 0.4) is 0 Å². The molecule has 1 fully saturated rings. The van der Waals surface area contributed by atoms with Crippen LogP contribution in [-0.4, -0.2) is 74.7 Å². The highest BCUT2D eigenvalue weighted by atomic mass is 35.5. The van der Waals surface area contributed by atoms with Crippen LogP contribution in [0.4, 0.5) is 11.4 Å². The van der Waals surface area contributed by atoms with E-state index in [0.29, 0.717) is 48.0 Å². The van der Waals surface area contributed by atoms with Crippen LogP contribution in [0, 0.1) is 25.2 Å². The first-order chi connectivity index (χ1) is 24.7. The maximum Gasteiger partial charge on any atom is 0.264 e. The van der Waals surface area contributed by atoms with E-state index >= 15 is 0 Å². The summed E-state index contributed by atoms with van der Waals surface area (Å²) < 4.78 is 9.32. The molecule has 1 N–H and O–H groups in total. The predicted molar refractivity (Wildman–Crippen MR) is 203 cm³/mol. The van der Waals surface area contributed by atoms with Crippen LogP contribution in [0.1, 0.15) is 48.9 Å². The quantitative estimate of drug-likeness (QED) is 0.205. The number of benzene rings is 3. The minimum absolute atomic E-state index is 0. The van der Waals surface area contributed by atoms with Crippen LogP contribution in [0.25, 0.3) is 11.3 Å². The number of nitrogens with zero attached hydrogens (tertiary/aromatic N) is 6. The van der Waals surface area contributed by atoms with Gasteiger partial charge in [-0.15, -0.1) is 12.4 Å². The van der Waals surface area contributed by atoms with Gasteiger partial charge in [-0.25, -0.2) is 0 Å². The summed E-state index contributed by atoms with van der Waals surface area (Å²) in [7, 11) is 3.71. The van der Waals surface area contributed by atoms with Crippen molar-refractivity contribution in [3.63, 3.8) is 0 Å². The monoisotopic (exact) mass is 718 g/mol. The Balaban J connectivity index is 0.00000464. The molecule has 2 aliphatic rings. The van der Waals surface area contributed by atoms with Crippen molar-refractivity contribution < 1.29 is 19.4 Å². The normalized spacial score (nSPS) is 15.8. The lowest BCUT2D eigenvalue weighted by Crippen LogP contribution is -2.52. The number of aromatic nitrogens is 2. The van der Waals surface area contributed by atoms with Gasteiger partial charge in [-0.05, 0) is 73.9 Å². The number of nitriles is 1. The van der Waals surface area contributed by atoms with Gasteiger partial charge in [0.25, 0.3) is 11.8 Å². The predicted octanol–water partition coefficient (Wildman–Crippen LogP) is 6.52. The van der Waals surface area contributed by atoms with Crippen LogP contribution in [0.15, 0.2) is 84.9 Å². The standard InChI is InChI=1S/C41H42N6O4.ClH/c1-27-37(41(50)47(31-13-15-34(48)16-14-31)38-22-32(24-42)43(3)28(38)2)23-39(44(27)4)35-11-7-8-12-36(35)40(49)46-25-30-10-6-5-9-29(30)21-33(46)26-45-17-19-51-20-18-45;/h5-16,22-23,33,48H,17-21,25-26H2,1-4H3;1H/t33-;/m0./s1. The number of phenols is 1. The Labute approximate surface area is 310 Å². The van der Waals surface area contributed by atoms with E-state index in [4.69, 9.17) is 4.74 Å². The third-order valence-electron chi connectivity index (χ3n) is 10.6. The first-order valence-corrected chi connectivity index (χ1v) is 17.3. The Morgan fingerprint density at radius 2 is 1.56 bits per heavy atom. The first kappa shape index (κ1) is 36.5. The molecule has 1 saturated heterocycles. The minimum Gasteiger partial charge on any atom is -0.508 e. The van der Waals surface area contributed by atoms with Crippen molar-refractivity contribution in [2.24, 2.45) is 14.1 Å². The summed E-state index contributed by atoms with van der Waals surface area (Å²) in [5, 5.41) is 19.8. The lowest BCUT2D eigenvalue weighted by molar-refractivity contribution is 0.0193. The number of aromatic hydroxyl groups is 1. The van der Waals surface area contributed by atoms with Crippen molar-refractivity contribution in [3.05, 3.63) is 124 Å². The van der Waals surface area contributed by atoms with E-state index in [0.717, 1.165) is 54.3 Å². The van der Waals surface area contributed by atoms with E-state index in [-0.39, 0.29) is 36.0 Å². The summed E-state index contributed by atoms with van der Waals surface area (Å²) in [6.45, 7) is 8.14. The molecule has 0 spiro atoms. The lowest BCUT2D eigenvalue weighted by Gasteiger charge is -2.40. The summed E-state index contributed by atoms with van der Waals surface area (Å²) in [6.07, 6.45) is 0.781. The van der Waals surface area contributed by atoms with E-state index in [2.05, 4.69) is 29.2 Å². The zero-order valence-electron chi connectivity index (χ0n) is 29.9. The Hall–Kier alpha value is -5.34. The summed E-state index contributed by atoms with van der Waals surface area (Å²) in [6, 6.07) is 28.2. The van der Waals surface area contributed by atoms with Crippen molar-refractivity contribution in [1.82, 2.24) is 18.9 Å². The number of amides is 2. The number of halogens is 1. The maximum atomic E-state index is 14.7. The second-order valence-electron chi connectivity index (χ2n) is 13.4. The van der Waals surface area contributed by atoms with Crippen molar-refractivity contribution in [2.45, 2.75) is 32.9 Å². The third-order valence-corrected chi connectivity index (χ3v) is 10.6. The smallest absolute Gasteiger partial charge is 0.264 e. The van der Waals surface area contributed by atoms with E-state index in [9.17, 15) is 20.0 Å². The maximum absolute atomic E-state index is 14.7. The molecule has 0 bridgehead atoms. The fourth-order valence-electron chi connectivity index (χ4n) is 7.40. The Morgan fingerprint density at radius 3 is 2.25 bits per heavy atom. The number of carbonyl (C=O) groups excluding carboxylic acids is 2. The minimum atomic E-state index is -0.291. The Bertz CT molecular complexity index is 2160. The van der Waals surface area contributed by atoms with Gasteiger partial charge in [0.15, 0.2) is 0 Å². The SMILES string of the molecule is Cc1c(N(C(=O)c2cc(-c3ccccc3C(=O)N3Cc4ccccc4C[C@H]3CN3CCOCC3)n(C)c2C)c2ccc(O)cc2)cc(C#N)n1C.Cl. The van der Waals surface area contributed by atoms with Crippen molar-refractivity contribution >= 4 is 35.6 Å². The second-order valence-corrected chi connectivity index (χ2v) is 13.4. The van der Waals surface area contributed by atoms with Crippen LogP contribution in [-0.2, 0) is 31.8 Å². The first-order valence-electron chi connectivity index (χ1n) is 17.3. The molecular weight excluding hydrogens is 676 g/mol. The van der Waals surface area contributed by atoms with E-state index in [1.807, 2.05) is 66.8 Å². The van der Waals surface area contributed by atoms with Gasteiger partial charge in [0, 0.05) is 80.2 Å². The lowest BCUT2D eigenvalue weighted by atomic mass is 9.92. The summed E-state index contributed by atoms with van der Waals surface area (Å²) >= 11 is 0. The number of morpholine rings is 1. The largest absolute Gasteiger partial charge is 0.508 e. The molecule has 0 unspecified atom stereocenters. The highest BCUT2D eigenvalue weighted by Crippen LogP contribution is 2.37. The molecule has 5 aromatic rings. The van der Waals surface area contributed by atoms with E-state index in [1.165, 1.54) is 17.7 Å². The van der Waals surface area contributed by atoms with Gasteiger partial charge < -0.3 is 23.9 Å². The second kappa shape index (κ2) is 15.1. The average molecular weight is 719 g/mol. The van der Waals surface area contributed by atoms with Crippen LogP contribution < -0.4 is 4.90 Å². The summed E-state index contributed by atoms with van der Waals surface area (Å²) in [5.74, 6) is -0.252. The fraction of sp³-hybridized carbons (Fsp3) is 0.293. The molecule has 52 heavy (non-hydrogen) atoms. The van der Waals surface area contributed by atoms with Gasteiger partial charge in [-0.2, -0.15) is 5.26 Å². The van der Waals surface area contributed by atoms with Crippen molar-refractivity contribution in [3.8, 4) is 23.1 Å². The fourth-order valence-corrected chi connectivity index (χ4v) is 7.40. The molecule has 0 aliphatic carbocycles. The van der Waals surface area contributed by atoms with E-state index in [1.54, 1.807) is 34.7 Å². The Morgan fingerprint density at radius 1 is 0.885 bits per heavy atom. The number of ether oxygens (including phenoxy) is 1. The molecule has 0 radical (unpaired) electrons. The topological polar surface area (TPSA) is 107 Å². The molecule has 2 aliphatic heterocycles. The molecule has 2 amide bonds. The number of phenolic OH excluding ortho intramolecular Hbond substituents is 1. The van der Waals surface area contributed by atoms with Gasteiger partial charge in [0.2, 0.25) is 0 Å². The molecule has 0 saturated carbocycles. The zero-order valence-corrected chi connectivity index (χ0v) is 30.7.